The van der Waals surface area contributed by atoms with Crippen molar-refractivity contribution in [3.05, 3.63) is 34.3 Å². The van der Waals surface area contributed by atoms with E-state index in [0.717, 1.165) is 37.6 Å². The third-order valence-electron chi connectivity index (χ3n) is 3.35. The normalized spacial score (nSPS) is 17.7. The Hall–Kier alpha value is -1.62. The van der Waals surface area contributed by atoms with Gasteiger partial charge in [0.1, 0.15) is 11.3 Å². The molecule has 1 aliphatic rings. The Labute approximate surface area is 98.4 Å². The summed E-state index contributed by atoms with van der Waals surface area (Å²) in [5.74, 6) is 1.39. The Kier molecular flexibility index (Phi) is 2.48. The molecule has 2 aromatic heterocycles. The topological polar surface area (TPSA) is 59.4 Å². The fourth-order valence-electron chi connectivity index (χ4n) is 2.49. The molecule has 0 atom stereocenters. The van der Waals surface area contributed by atoms with Gasteiger partial charge in [-0.15, -0.1) is 0 Å². The number of nitrogens with one attached hydrogen (secondary N) is 1. The number of imidazole rings is 1. The van der Waals surface area contributed by atoms with Crippen LogP contribution < -0.4 is 5.56 Å². The van der Waals surface area contributed by atoms with Crippen molar-refractivity contribution < 1.29 is 4.74 Å². The van der Waals surface area contributed by atoms with Crippen LogP contribution in [0.2, 0.25) is 0 Å². The molecule has 0 unspecified atom stereocenters. The molecule has 0 radical (unpaired) electrons. The van der Waals surface area contributed by atoms with Crippen LogP contribution in [0.4, 0.5) is 0 Å². The lowest BCUT2D eigenvalue weighted by atomic mass is 10.00. The van der Waals surface area contributed by atoms with Gasteiger partial charge in [-0.05, 0) is 19.8 Å². The molecular formula is C12H15N3O2. The summed E-state index contributed by atoms with van der Waals surface area (Å²) in [5, 5.41) is 0. The number of aryl methyl sites for hydroxylation is 1. The maximum absolute atomic E-state index is 11.8. The van der Waals surface area contributed by atoms with Gasteiger partial charge < -0.3 is 9.72 Å². The third kappa shape index (κ3) is 1.67. The van der Waals surface area contributed by atoms with Crippen LogP contribution in [-0.4, -0.2) is 27.6 Å². The van der Waals surface area contributed by atoms with Crippen LogP contribution in [-0.2, 0) is 4.74 Å². The number of hydrogen-bond donors (Lipinski definition) is 1. The summed E-state index contributed by atoms with van der Waals surface area (Å²) in [6.07, 6.45) is 5.50. The summed E-state index contributed by atoms with van der Waals surface area (Å²) in [5.41, 5.74) is 1.39. The first-order valence-corrected chi connectivity index (χ1v) is 5.91. The van der Waals surface area contributed by atoms with Crippen LogP contribution in [0.15, 0.2) is 17.2 Å². The molecule has 5 nitrogen and oxygen atoms in total. The Bertz CT molecular complexity index is 593. The molecule has 0 aromatic carbocycles. The summed E-state index contributed by atoms with van der Waals surface area (Å²) in [6, 6.07) is 0. The van der Waals surface area contributed by atoms with Gasteiger partial charge >= 0.3 is 0 Å². The van der Waals surface area contributed by atoms with Crippen molar-refractivity contribution >= 4 is 5.52 Å². The van der Waals surface area contributed by atoms with Gasteiger partial charge in [-0.1, -0.05) is 0 Å². The van der Waals surface area contributed by atoms with Gasteiger partial charge in [0.15, 0.2) is 0 Å². The molecule has 0 saturated carbocycles. The largest absolute Gasteiger partial charge is 0.381 e. The molecule has 0 amide bonds. The molecule has 3 heterocycles. The first-order valence-electron chi connectivity index (χ1n) is 5.91. The molecule has 0 spiro atoms. The lowest BCUT2D eigenvalue weighted by Crippen LogP contribution is -2.17. The van der Waals surface area contributed by atoms with Gasteiger partial charge in [0.25, 0.3) is 5.56 Å². The molecule has 1 saturated heterocycles. The molecule has 90 valence electrons. The summed E-state index contributed by atoms with van der Waals surface area (Å²) in [4.78, 5) is 19.0. The fraction of sp³-hybridized carbons (Fsp3) is 0.500. The van der Waals surface area contributed by atoms with E-state index >= 15 is 0 Å². The van der Waals surface area contributed by atoms with Crippen molar-refractivity contribution in [3.63, 3.8) is 0 Å². The zero-order chi connectivity index (χ0) is 11.8. The van der Waals surface area contributed by atoms with E-state index in [0.29, 0.717) is 11.4 Å². The summed E-state index contributed by atoms with van der Waals surface area (Å²) in [7, 11) is 0. The highest BCUT2D eigenvalue weighted by atomic mass is 16.5. The highest BCUT2D eigenvalue weighted by Crippen LogP contribution is 2.26. The van der Waals surface area contributed by atoms with Crippen LogP contribution in [0, 0.1) is 6.92 Å². The van der Waals surface area contributed by atoms with E-state index in [1.54, 1.807) is 6.20 Å². The van der Waals surface area contributed by atoms with Crippen LogP contribution >= 0.6 is 0 Å². The quantitative estimate of drug-likeness (QED) is 0.805. The first-order chi connectivity index (χ1) is 8.27. The number of hydrogen-bond acceptors (Lipinski definition) is 3. The van der Waals surface area contributed by atoms with Crippen LogP contribution in [0.1, 0.15) is 30.3 Å². The van der Waals surface area contributed by atoms with Gasteiger partial charge in [-0.3, -0.25) is 9.20 Å². The van der Waals surface area contributed by atoms with E-state index in [-0.39, 0.29) is 5.56 Å². The minimum Gasteiger partial charge on any atom is -0.381 e. The predicted octanol–water partition coefficient (Wildman–Crippen LogP) is 1.23. The van der Waals surface area contributed by atoms with Crippen LogP contribution in [0.25, 0.3) is 5.52 Å². The minimum atomic E-state index is -0.0733. The number of nitrogens with zero attached hydrogens (tertiary/aromatic N) is 2. The standard InChI is InChI=1S/C12H15N3O2/c1-8-10-12(16)13-4-5-15(10)11(14-8)9-2-6-17-7-3-9/h4-5,9H,2-3,6-7H2,1H3,(H,13,16). The highest BCUT2D eigenvalue weighted by Gasteiger charge is 2.22. The van der Waals surface area contributed by atoms with Gasteiger partial charge in [0.05, 0.1) is 5.69 Å². The van der Waals surface area contributed by atoms with E-state index in [4.69, 9.17) is 4.74 Å². The molecule has 1 fully saturated rings. The van der Waals surface area contributed by atoms with Crippen LogP contribution in [0.5, 0.6) is 0 Å². The van der Waals surface area contributed by atoms with Gasteiger partial charge in [-0.25, -0.2) is 4.98 Å². The van der Waals surface area contributed by atoms with Gasteiger partial charge in [-0.2, -0.15) is 0 Å². The Balaban J connectivity index is 2.17. The summed E-state index contributed by atoms with van der Waals surface area (Å²) >= 11 is 0. The fourth-order valence-corrected chi connectivity index (χ4v) is 2.49. The molecule has 5 heteroatoms. The highest BCUT2D eigenvalue weighted by molar-refractivity contribution is 5.50. The van der Waals surface area contributed by atoms with Crippen molar-refractivity contribution in [1.29, 1.82) is 0 Å². The van der Waals surface area contributed by atoms with E-state index in [2.05, 4.69) is 9.97 Å². The van der Waals surface area contributed by atoms with E-state index in [1.165, 1.54) is 0 Å². The maximum Gasteiger partial charge on any atom is 0.274 e. The Morgan fingerprint density at radius 1 is 1.47 bits per heavy atom. The van der Waals surface area contributed by atoms with E-state index in [1.807, 2.05) is 17.5 Å². The second-order valence-corrected chi connectivity index (χ2v) is 4.45. The molecule has 0 bridgehead atoms. The van der Waals surface area contributed by atoms with Crippen LogP contribution in [0.3, 0.4) is 0 Å². The molecule has 1 N–H and O–H groups in total. The lowest BCUT2D eigenvalue weighted by molar-refractivity contribution is 0.0834. The monoisotopic (exact) mass is 233 g/mol. The average Bonchev–Trinajstić information content (AvgIpc) is 2.69. The second-order valence-electron chi connectivity index (χ2n) is 4.45. The average molecular weight is 233 g/mol. The van der Waals surface area contributed by atoms with Crippen molar-refractivity contribution in [2.24, 2.45) is 0 Å². The van der Waals surface area contributed by atoms with Crippen molar-refractivity contribution in [1.82, 2.24) is 14.4 Å². The smallest absolute Gasteiger partial charge is 0.274 e. The maximum atomic E-state index is 11.8. The minimum absolute atomic E-state index is 0.0733. The Morgan fingerprint density at radius 3 is 3.00 bits per heavy atom. The summed E-state index contributed by atoms with van der Waals surface area (Å²) in [6.45, 7) is 3.44. The molecule has 1 aliphatic heterocycles. The second kappa shape index (κ2) is 4.00. The van der Waals surface area contributed by atoms with Crippen molar-refractivity contribution in [3.8, 4) is 0 Å². The number of aromatic nitrogens is 3. The van der Waals surface area contributed by atoms with Crippen molar-refractivity contribution in [2.45, 2.75) is 25.7 Å². The number of aromatic amines is 1. The zero-order valence-electron chi connectivity index (χ0n) is 9.77. The number of ether oxygens (including phenoxy) is 1. The first kappa shape index (κ1) is 10.5. The zero-order valence-corrected chi connectivity index (χ0v) is 9.77. The molecule has 2 aromatic rings. The lowest BCUT2D eigenvalue weighted by Gasteiger charge is -2.20. The predicted molar refractivity (Wildman–Crippen MR) is 63.3 cm³/mol. The number of rotatable bonds is 1. The van der Waals surface area contributed by atoms with E-state index in [9.17, 15) is 4.79 Å². The molecular weight excluding hydrogens is 218 g/mol. The molecule has 3 rings (SSSR count). The van der Waals surface area contributed by atoms with Crippen molar-refractivity contribution in [2.75, 3.05) is 13.2 Å². The Morgan fingerprint density at radius 2 is 2.24 bits per heavy atom. The van der Waals surface area contributed by atoms with Gasteiger partial charge in [0.2, 0.25) is 0 Å². The summed E-state index contributed by atoms with van der Waals surface area (Å²) < 4.78 is 7.28. The van der Waals surface area contributed by atoms with Gasteiger partial charge in [0, 0.05) is 31.5 Å². The SMILES string of the molecule is Cc1nc(C2CCOCC2)n2cc[nH]c(=O)c12. The van der Waals surface area contributed by atoms with E-state index < -0.39 is 0 Å². The molecule has 0 aliphatic carbocycles. The number of fused-ring (bicyclic) bond motifs is 1. The number of H-pyrrole nitrogens is 1. The molecule has 17 heavy (non-hydrogen) atoms. The third-order valence-corrected chi connectivity index (χ3v) is 3.35.